The van der Waals surface area contributed by atoms with Crippen LogP contribution in [0.2, 0.25) is 18.6 Å². The number of methoxy groups -OCH3 is 1. The van der Waals surface area contributed by atoms with Crippen LogP contribution in [0.15, 0.2) is 102 Å². The van der Waals surface area contributed by atoms with Gasteiger partial charge in [-0.05, 0) is 72.6 Å². The lowest BCUT2D eigenvalue weighted by atomic mass is 9.82. The lowest BCUT2D eigenvalue weighted by Crippen LogP contribution is -2.48. The molecule has 0 aliphatic carbocycles. The number of anilines is 1. The third kappa shape index (κ3) is 5.84. The molecule has 2 N–H and O–H groups in total. The van der Waals surface area contributed by atoms with Crippen molar-refractivity contribution in [3.05, 3.63) is 130 Å². The van der Waals surface area contributed by atoms with Gasteiger partial charge in [-0.3, -0.25) is 14.4 Å². The number of aliphatic hydroxyl groups is 1. The quantitative estimate of drug-likeness (QED) is 0.211. The predicted molar refractivity (Wildman–Crippen MR) is 207 cm³/mol. The molecular weight excluding hydrogens is 701 g/mol. The molecule has 4 heterocycles. The topological polar surface area (TPSA) is 134 Å². The highest BCUT2D eigenvalue weighted by atomic mass is 28.4. The van der Waals surface area contributed by atoms with E-state index in [-0.39, 0.29) is 43.0 Å². The van der Waals surface area contributed by atoms with Crippen molar-refractivity contribution in [2.45, 2.75) is 69.2 Å². The van der Waals surface area contributed by atoms with Gasteiger partial charge in [0.25, 0.3) is 11.5 Å². The number of ether oxygens (including phenoxy) is 2. The molecule has 11 nitrogen and oxygen atoms in total. The summed E-state index contributed by atoms with van der Waals surface area (Å²) < 4.78 is 14.0. The molecule has 1 spiro atoms. The number of nitrogens with zero attached hydrogens (tertiary/aromatic N) is 4. The largest absolute Gasteiger partial charge is 0.497 e. The van der Waals surface area contributed by atoms with Crippen LogP contribution in [0.25, 0.3) is 16.5 Å². The van der Waals surface area contributed by atoms with Crippen LogP contribution in [0, 0.1) is 5.92 Å². The number of fused-ring (bicyclic) bond motifs is 4. The molecule has 4 aromatic carbocycles. The first-order valence-corrected chi connectivity index (χ1v) is 21.4. The number of amides is 2. The summed E-state index contributed by atoms with van der Waals surface area (Å²) in [6.45, 7) is 6.03. The van der Waals surface area contributed by atoms with Crippen molar-refractivity contribution in [1.29, 1.82) is 0 Å². The number of rotatable bonds is 8. The van der Waals surface area contributed by atoms with Gasteiger partial charge in [0.15, 0.2) is 13.9 Å². The Hall–Kier alpha value is -5.14. The molecule has 0 radical (unpaired) electrons. The Labute approximate surface area is 314 Å². The Kier molecular flexibility index (Phi) is 9.04. The summed E-state index contributed by atoms with van der Waals surface area (Å²) in [5.41, 5.74) is 2.74. The predicted octanol–water partition coefficient (Wildman–Crippen LogP) is 5.07. The molecule has 278 valence electrons. The number of benzene rings is 4. The van der Waals surface area contributed by atoms with Crippen molar-refractivity contribution in [3.8, 4) is 11.4 Å². The van der Waals surface area contributed by atoms with E-state index in [1.165, 1.54) is 4.68 Å². The minimum Gasteiger partial charge on any atom is -0.497 e. The third-order valence-corrected chi connectivity index (χ3v) is 14.2. The number of aliphatic hydroxyl groups excluding tert-OH is 1. The van der Waals surface area contributed by atoms with E-state index in [4.69, 9.17) is 9.47 Å². The molecule has 0 saturated carbocycles. The van der Waals surface area contributed by atoms with Crippen LogP contribution in [-0.4, -0.2) is 70.6 Å². The number of aromatic nitrogens is 2. The average molecular weight is 745 g/mol. The Bertz CT molecular complexity index is 2320. The van der Waals surface area contributed by atoms with Crippen LogP contribution in [0.4, 0.5) is 5.69 Å². The van der Waals surface area contributed by atoms with Gasteiger partial charge in [-0.25, -0.2) is 0 Å². The van der Waals surface area contributed by atoms with Gasteiger partial charge in [-0.15, -0.1) is 0 Å². The van der Waals surface area contributed by atoms with Crippen LogP contribution < -0.4 is 15.2 Å². The number of hydrogen-bond donors (Lipinski definition) is 2. The Morgan fingerprint density at radius 2 is 1.72 bits per heavy atom. The highest BCUT2D eigenvalue weighted by Gasteiger charge is 2.66. The third-order valence-electron chi connectivity index (χ3n) is 11.7. The van der Waals surface area contributed by atoms with Crippen molar-refractivity contribution in [2.75, 3.05) is 18.6 Å². The van der Waals surface area contributed by atoms with Crippen molar-refractivity contribution >= 4 is 36.6 Å². The fourth-order valence-electron chi connectivity index (χ4n) is 9.07. The lowest BCUT2D eigenvalue weighted by Gasteiger charge is -2.37. The zero-order valence-corrected chi connectivity index (χ0v) is 31.8. The molecule has 1 aromatic heterocycles. The fraction of sp³-hybridized carbons (Fsp3) is 0.333. The van der Waals surface area contributed by atoms with Crippen LogP contribution >= 0.6 is 0 Å². The molecule has 5 atom stereocenters. The first kappa shape index (κ1) is 35.9. The molecule has 3 aliphatic rings. The summed E-state index contributed by atoms with van der Waals surface area (Å²) in [4.78, 5) is 57.7. The summed E-state index contributed by atoms with van der Waals surface area (Å²) in [5.74, 6) is -0.373. The number of carbonyl (C=O) groups excluding carboxylic acids is 2. The highest BCUT2D eigenvalue weighted by Crippen LogP contribution is 2.60. The van der Waals surface area contributed by atoms with Gasteiger partial charge in [0, 0.05) is 29.0 Å². The SMILES string of the molecule is COc1ccc2c(c1)[C@@]1(O[C@H](CC(=O)N3Cc4ccccc4C[C@H]3CO)[C@@H]([Si](C)(C)O)[C@@H]1C)C(=O)N2Cc1ccc(-n2ncc3ccccc3c2=O)cc1. The molecule has 1 saturated heterocycles. The minimum absolute atomic E-state index is 0.0391. The van der Waals surface area contributed by atoms with Gasteiger partial charge in [0.2, 0.25) is 5.91 Å². The van der Waals surface area contributed by atoms with Gasteiger partial charge in [-0.1, -0.05) is 61.5 Å². The molecule has 1 fully saturated rings. The summed E-state index contributed by atoms with van der Waals surface area (Å²) >= 11 is 0. The standard InChI is InChI=1S/C42H44N4O7Si/c1-26-39(54(3,4)51)37(21-38(48)44-24-30-11-6-5-9-28(30)19-32(44)25-47)53-42(26)35-20-33(52-2)17-18-36(35)45(41(42)50)23-27-13-15-31(16-14-27)46-40(49)34-12-8-7-10-29(34)22-43-46/h5-18,20,22,26,32,37,39,47,51H,19,21,23-25H2,1-4H3/t26-,32-,37+,39-,42+/m0/s1. The first-order valence-electron chi connectivity index (χ1n) is 18.4. The van der Waals surface area contributed by atoms with E-state index in [1.54, 1.807) is 29.2 Å². The van der Waals surface area contributed by atoms with Crippen molar-refractivity contribution in [3.63, 3.8) is 0 Å². The maximum atomic E-state index is 15.0. The second kappa shape index (κ2) is 13.6. The van der Waals surface area contributed by atoms with Crippen LogP contribution in [0.5, 0.6) is 5.75 Å². The number of carbonyl (C=O) groups is 2. The number of hydrogen-bond acceptors (Lipinski definition) is 8. The molecule has 2 amide bonds. The second-order valence-electron chi connectivity index (χ2n) is 15.3. The fourth-order valence-corrected chi connectivity index (χ4v) is 11.6. The summed E-state index contributed by atoms with van der Waals surface area (Å²) in [5, 5.41) is 16.0. The van der Waals surface area contributed by atoms with Gasteiger partial charge in [0.05, 0.1) is 61.8 Å². The Morgan fingerprint density at radius 1 is 1.00 bits per heavy atom. The molecule has 54 heavy (non-hydrogen) atoms. The van der Waals surface area contributed by atoms with Crippen LogP contribution in [-0.2, 0) is 39.4 Å². The lowest BCUT2D eigenvalue weighted by molar-refractivity contribution is -0.151. The molecule has 0 bridgehead atoms. The molecule has 3 aliphatic heterocycles. The van der Waals surface area contributed by atoms with Gasteiger partial charge in [-0.2, -0.15) is 9.78 Å². The maximum absolute atomic E-state index is 15.0. The van der Waals surface area contributed by atoms with Gasteiger partial charge >= 0.3 is 0 Å². The monoisotopic (exact) mass is 744 g/mol. The van der Waals surface area contributed by atoms with E-state index in [9.17, 15) is 19.5 Å². The molecule has 0 unspecified atom stereocenters. The maximum Gasteiger partial charge on any atom is 0.279 e. The molecule has 8 rings (SSSR count). The Balaban J connectivity index is 1.11. The second-order valence-corrected chi connectivity index (χ2v) is 19.3. The summed E-state index contributed by atoms with van der Waals surface area (Å²) in [6, 6.07) is 27.8. The molecule has 5 aromatic rings. The van der Waals surface area contributed by atoms with Gasteiger partial charge < -0.3 is 29.2 Å². The van der Waals surface area contributed by atoms with E-state index in [1.807, 2.05) is 105 Å². The van der Waals surface area contributed by atoms with E-state index >= 15 is 4.79 Å². The van der Waals surface area contributed by atoms with E-state index in [2.05, 4.69) is 5.10 Å². The van der Waals surface area contributed by atoms with Crippen molar-refractivity contribution in [2.24, 2.45) is 5.92 Å². The normalized spacial score (nSPS) is 23.6. The van der Waals surface area contributed by atoms with Crippen molar-refractivity contribution < 1.29 is 29.0 Å². The summed E-state index contributed by atoms with van der Waals surface area (Å²) in [6.07, 6.45) is 1.43. The smallest absolute Gasteiger partial charge is 0.279 e. The van der Waals surface area contributed by atoms with Crippen LogP contribution in [0.3, 0.4) is 0 Å². The first-order chi connectivity index (χ1) is 25.9. The van der Waals surface area contributed by atoms with E-state index < -0.39 is 31.5 Å². The summed E-state index contributed by atoms with van der Waals surface area (Å²) in [7, 11) is -1.48. The zero-order valence-electron chi connectivity index (χ0n) is 30.8. The Morgan fingerprint density at radius 3 is 2.44 bits per heavy atom. The highest BCUT2D eigenvalue weighted by molar-refractivity contribution is 6.71. The van der Waals surface area contributed by atoms with Gasteiger partial charge in [0.1, 0.15) is 5.75 Å². The van der Waals surface area contributed by atoms with Crippen LogP contribution in [0.1, 0.15) is 35.6 Å². The molecule has 12 heteroatoms. The van der Waals surface area contributed by atoms with E-state index in [0.717, 1.165) is 22.1 Å². The zero-order chi connectivity index (χ0) is 37.9. The minimum atomic E-state index is -3.05. The van der Waals surface area contributed by atoms with E-state index in [0.29, 0.717) is 41.0 Å². The van der Waals surface area contributed by atoms with Crippen molar-refractivity contribution in [1.82, 2.24) is 14.7 Å². The molecular formula is C42H44N4O7Si. The average Bonchev–Trinajstić information content (AvgIpc) is 3.60.